The molecule has 1 aliphatic heterocycles. The molecule has 178 valence electrons. The molecule has 35 heavy (non-hydrogen) atoms. The first-order chi connectivity index (χ1) is 16.8. The summed E-state index contributed by atoms with van der Waals surface area (Å²) in [4.78, 5) is 24.1. The Morgan fingerprint density at radius 1 is 1.03 bits per heavy atom. The minimum absolute atomic E-state index is 0.0840. The topological polar surface area (TPSA) is 79.8 Å². The fourth-order valence-electron chi connectivity index (χ4n) is 5.35. The van der Waals surface area contributed by atoms with Crippen LogP contribution in [0.15, 0.2) is 42.4 Å². The highest BCUT2D eigenvalue weighted by molar-refractivity contribution is 5.79. The number of aromatic nitrogens is 5. The Balaban J connectivity index is 1.38. The highest BCUT2D eigenvalue weighted by atomic mass is 16.5. The van der Waals surface area contributed by atoms with E-state index in [2.05, 4.69) is 76.8 Å². The molecular formula is C28H30N6O. The summed E-state index contributed by atoms with van der Waals surface area (Å²) in [7, 11) is 0. The number of aryl methyl sites for hydroxylation is 1. The van der Waals surface area contributed by atoms with Gasteiger partial charge < -0.3 is 14.6 Å². The van der Waals surface area contributed by atoms with Crippen molar-refractivity contribution in [3.8, 4) is 16.9 Å². The molecule has 0 saturated carbocycles. The average Bonchev–Trinajstić information content (AvgIpc) is 3.08. The second-order valence-electron chi connectivity index (χ2n) is 10.3. The molecule has 0 unspecified atom stereocenters. The van der Waals surface area contributed by atoms with Crippen molar-refractivity contribution < 1.29 is 4.74 Å². The van der Waals surface area contributed by atoms with Crippen molar-refractivity contribution in [2.24, 2.45) is 5.41 Å². The zero-order valence-corrected chi connectivity index (χ0v) is 20.9. The summed E-state index contributed by atoms with van der Waals surface area (Å²) < 4.78 is 6.16. The summed E-state index contributed by atoms with van der Waals surface area (Å²) in [5.41, 5.74) is 10.1. The van der Waals surface area contributed by atoms with Crippen molar-refractivity contribution in [3.05, 3.63) is 65.0 Å². The van der Waals surface area contributed by atoms with Crippen molar-refractivity contribution in [1.29, 1.82) is 0 Å². The maximum absolute atomic E-state index is 6.16. The van der Waals surface area contributed by atoms with Crippen LogP contribution in [0, 0.1) is 12.3 Å². The van der Waals surface area contributed by atoms with E-state index in [1.807, 2.05) is 13.1 Å². The number of aromatic amines is 1. The van der Waals surface area contributed by atoms with E-state index >= 15 is 0 Å². The number of hydrogen-bond donors (Lipinski definition) is 1. The zero-order chi connectivity index (χ0) is 24.3. The number of allylic oxidation sites excluding steroid dienone is 2. The molecule has 3 aromatic heterocycles. The Hall–Kier alpha value is -3.74. The van der Waals surface area contributed by atoms with Crippen LogP contribution >= 0.6 is 0 Å². The van der Waals surface area contributed by atoms with Gasteiger partial charge in [0.1, 0.15) is 30.3 Å². The van der Waals surface area contributed by atoms with Crippen molar-refractivity contribution >= 4 is 22.6 Å². The van der Waals surface area contributed by atoms with Gasteiger partial charge >= 0.3 is 0 Å². The van der Waals surface area contributed by atoms with Crippen LogP contribution in [0.4, 0.5) is 5.82 Å². The van der Waals surface area contributed by atoms with E-state index in [0.29, 0.717) is 6.61 Å². The van der Waals surface area contributed by atoms with Crippen molar-refractivity contribution in [3.63, 3.8) is 0 Å². The van der Waals surface area contributed by atoms with E-state index in [1.165, 1.54) is 16.7 Å². The molecule has 6 rings (SSSR count). The molecular weight excluding hydrogens is 436 g/mol. The van der Waals surface area contributed by atoms with Crippen LogP contribution in [-0.4, -0.2) is 38.1 Å². The van der Waals surface area contributed by atoms with E-state index in [4.69, 9.17) is 9.72 Å². The molecule has 0 atom stereocenters. The highest BCUT2D eigenvalue weighted by Crippen LogP contribution is 2.44. The Morgan fingerprint density at radius 3 is 2.74 bits per heavy atom. The quantitative estimate of drug-likeness (QED) is 0.420. The van der Waals surface area contributed by atoms with Crippen molar-refractivity contribution in [2.75, 3.05) is 18.1 Å². The van der Waals surface area contributed by atoms with Crippen molar-refractivity contribution in [2.45, 2.75) is 47.6 Å². The van der Waals surface area contributed by atoms with Crippen LogP contribution < -0.4 is 9.64 Å². The summed E-state index contributed by atoms with van der Waals surface area (Å²) in [6.07, 6.45) is 4.53. The van der Waals surface area contributed by atoms with E-state index in [9.17, 15) is 0 Å². The number of nitrogens with zero attached hydrogens (tertiary/aromatic N) is 5. The number of imidazole rings is 1. The third kappa shape index (κ3) is 3.66. The first-order valence-electron chi connectivity index (χ1n) is 12.2. The lowest BCUT2D eigenvalue weighted by molar-refractivity contribution is 0.331. The maximum Gasteiger partial charge on any atom is 0.177 e. The van der Waals surface area contributed by atoms with E-state index in [-0.39, 0.29) is 5.41 Å². The third-order valence-electron chi connectivity index (χ3n) is 7.60. The average molecular weight is 467 g/mol. The molecule has 4 aromatic rings. The minimum Gasteiger partial charge on any atom is -0.491 e. The largest absolute Gasteiger partial charge is 0.491 e. The fourth-order valence-corrected chi connectivity index (χ4v) is 5.35. The molecule has 0 amide bonds. The van der Waals surface area contributed by atoms with Crippen LogP contribution in [0.5, 0.6) is 5.75 Å². The summed E-state index contributed by atoms with van der Waals surface area (Å²) in [6, 6.07) is 8.50. The Kier molecular flexibility index (Phi) is 4.91. The Labute approximate surface area is 205 Å². The second-order valence-corrected chi connectivity index (χ2v) is 10.3. The SMILES string of the molecule is CC1=C(C)C(C)(C)Cc2c1ncnc2N1CCOc2ccc(-c3cnc4nc(C)[nH]c4c3)cc2C1. The van der Waals surface area contributed by atoms with Gasteiger partial charge in [-0.3, -0.25) is 0 Å². The van der Waals surface area contributed by atoms with Gasteiger partial charge in [-0.15, -0.1) is 0 Å². The second kappa shape index (κ2) is 7.90. The van der Waals surface area contributed by atoms with E-state index < -0.39 is 0 Å². The molecule has 4 heterocycles. The molecule has 0 spiro atoms. The Bertz CT molecular complexity index is 1500. The summed E-state index contributed by atoms with van der Waals surface area (Å²) >= 11 is 0. The van der Waals surface area contributed by atoms with Crippen LogP contribution in [-0.2, 0) is 13.0 Å². The van der Waals surface area contributed by atoms with Gasteiger partial charge in [0.2, 0.25) is 0 Å². The summed E-state index contributed by atoms with van der Waals surface area (Å²) in [5, 5.41) is 0. The van der Waals surface area contributed by atoms with Crippen molar-refractivity contribution in [1.82, 2.24) is 24.9 Å². The smallest absolute Gasteiger partial charge is 0.177 e. The monoisotopic (exact) mass is 466 g/mol. The summed E-state index contributed by atoms with van der Waals surface area (Å²) in [5.74, 6) is 2.82. The van der Waals surface area contributed by atoms with Gasteiger partial charge in [-0.25, -0.2) is 19.9 Å². The number of H-pyrrole nitrogens is 1. The van der Waals surface area contributed by atoms with Gasteiger partial charge in [0.15, 0.2) is 5.65 Å². The number of fused-ring (bicyclic) bond motifs is 3. The molecule has 7 heteroatoms. The van der Waals surface area contributed by atoms with Crippen LogP contribution in [0.3, 0.4) is 0 Å². The normalized spacial score (nSPS) is 17.1. The van der Waals surface area contributed by atoms with Gasteiger partial charge in [0.05, 0.1) is 17.8 Å². The predicted molar refractivity (Wildman–Crippen MR) is 138 cm³/mol. The predicted octanol–water partition coefficient (Wildman–Crippen LogP) is 5.50. The molecule has 1 aliphatic carbocycles. The number of ether oxygens (including phenoxy) is 1. The lowest BCUT2D eigenvalue weighted by Gasteiger charge is -2.35. The van der Waals surface area contributed by atoms with E-state index in [0.717, 1.165) is 70.5 Å². The molecule has 0 bridgehead atoms. The number of rotatable bonds is 2. The fraction of sp³-hybridized carbons (Fsp3) is 0.357. The Morgan fingerprint density at radius 2 is 1.89 bits per heavy atom. The van der Waals surface area contributed by atoms with E-state index in [1.54, 1.807) is 6.33 Å². The lowest BCUT2D eigenvalue weighted by Crippen LogP contribution is -2.31. The number of pyridine rings is 1. The molecule has 7 nitrogen and oxygen atoms in total. The van der Waals surface area contributed by atoms with Crippen LogP contribution in [0.1, 0.15) is 50.3 Å². The van der Waals surface area contributed by atoms with Gasteiger partial charge in [-0.05, 0) is 61.9 Å². The molecule has 0 radical (unpaired) electrons. The highest BCUT2D eigenvalue weighted by Gasteiger charge is 2.33. The molecule has 1 aromatic carbocycles. The number of anilines is 1. The zero-order valence-electron chi connectivity index (χ0n) is 20.9. The molecule has 0 saturated heterocycles. The number of nitrogens with one attached hydrogen (secondary N) is 1. The maximum atomic E-state index is 6.16. The minimum atomic E-state index is 0.0840. The van der Waals surface area contributed by atoms with Crippen LogP contribution in [0.2, 0.25) is 0 Å². The van der Waals surface area contributed by atoms with Gasteiger partial charge in [-0.2, -0.15) is 0 Å². The number of hydrogen-bond acceptors (Lipinski definition) is 6. The molecule has 0 fully saturated rings. The first-order valence-corrected chi connectivity index (χ1v) is 12.2. The lowest BCUT2D eigenvalue weighted by atomic mass is 9.72. The van der Waals surface area contributed by atoms with Crippen LogP contribution in [0.25, 0.3) is 27.9 Å². The standard InChI is InChI=1S/C28H30N6O/c1-16-17(2)28(4,5)12-22-25(16)30-15-31-27(22)34-8-9-35-24-7-6-19(10-21(24)14-34)20-11-23-26(29-13-20)33-18(3)32-23/h6-7,10-11,13,15H,8-9,12,14H2,1-5H3,(H,29,32,33). The van der Waals surface area contributed by atoms with Gasteiger partial charge in [-0.1, -0.05) is 25.5 Å². The number of benzene rings is 1. The summed E-state index contributed by atoms with van der Waals surface area (Å²) in [6.45, 7) is 13.1. The van der Waals surface area contributed by atoms with Gasteiger partial charge in [0, 0.05) is 29.4 Å². The molecule has 1 N–H and O–H groups in total. The molecule has 2 aliphatic rings. The first kappa shape index (κ1) is 21.8. The third-order valence-corrected chi connectivity index (χ3v) is 7.60. The van der Waals surface area contributed by atoms with Gasteiger partial charge in [0.25, 0.3) is 0 Å².